The molecule has 6 heteroatoms. The number of carbonyl (C=O) groups is 1. The lowest BCUT2D eigenvalue weighted by Gasteiger charge is -2.05. The molecule has 0 aliphatic carbocycles. The molecule has 0 aliphatic heterocycles. The van der Waals surface area contributed by atoms with Gasteiger partial charge in [0, 0.05) is 17.1 Å². The summed E-state index contributed by atoms with van der Waals surface area (Å²) in [5.41, 5.74) is 3.48. The normalized spacial score (nSPS) is 11.2. The largest absolute Gasteiger partial charge is 0.361 e. The molecule has 0 radical (unpaired) electrons. The first-order chi connectivity index (χ1) is 11.2. The van der Waals surface area contributed by atoms with Crippen LogP contribution in [0.25, 0.3) is 16.6 Å². The summed E-state index contributed by atoms with van der Waals surface area (Å²) in [6.45, 7) is 1.84. The number of aryl methyl sites for hydroxylation is 1. The van der Waals surface area contributed by atoms with Crippen molar-refractivity contribution in [2.45, 2.75) is 13.3 Å². The van der Waals surface area contributed by atoms with Crippen molar-refractivity contribution >= 4 is 28.1 Å². The topological polar surface area (TPSA) is 75.1 Å². The van der Waals surface area contributed by atoms with E-state index in [1.54, 1.807) is 10.7 Å². The van der Waals surface area contributed by atoms with Gasteiger partial charge in [0.1, 0.15) is 5.82 Å². The molecule has 0 unspecified atom stereocenters. The first-order valence-electron chi connectivity index (χ1n) is 7.37. The summed E-state index contributed by atoms with van der Waals surface area (Å²) >= 11 is 0. The number of anilines is 1. The molecule has 0 spiro atoms. The smallest absolute Gasteiger partial charge is 0.228 e. The number of nitrogens with zero attached hydrogens (tertiary/aromatic N) is 3. The van der Waals surface area contributed by atoms with E-state index in [1.165, 1.54) is 0 Å². The van der Waals surface area contributed by atoms with E-state index in [0.717, 1.165) is 22.1 Å². The SMILES string of the molecule is Cc1nc2ccc(NC(=O)Cc3c[nH]c4ccccc34)cn2n1. The molecule has 0 fully saturated rings. The fraction of sp³-hybridized carbons (Fsp3) is 0.118. The first kappa shape index (κ1) is 13.5. The number of para-hydroxylation sites is 1. The van der Waals surface area contributed by atoms with Gasteiger partial charge < -0.3 is 10.3 Å². The molecular formula is C17H15N5O. The van der Waals surface area contributed by atoms with Gasteiger partial charge in [-0.1, -0.05) is 18.2 Å². The van der Waals surface area contributed by atoms with Gasteiger partial charge in [-0.2, -0.15) is 5.10 Å². The minimum atomic E-state index is -0.0639. The lowest BCUT2D eigenvalue weighted by atomic mass is 10.1. The van der Waals surface area contributed by atoms with Crippen LogP contribution in [0, 0.1) is 6.92 Å². The summed E-state index contributed by atoms with van der Waals surface area (Å²) < 4.78 is 1.66. The monoisotopic (exact) mass is 305 g/mol. The third-order valence-electron chi connectivity index (χ3n) is 3.75. The average Bonchev–Trinajstić information content (AvgIpc) is 3.10. The zero-order valence-electron chi connectivity index (χ0n) is 12.6. The van der Waals surface area contributed by atoms with Crippen LogP contribution in [0.2, 0.25) is 0 Å². The average molecular weight is 305 g/mol. The van der Waals surface area contributed by atoms with E-state index in [1.807, 2.05) is 49.5 Å². The Kier molecular flexibility index (Phi) is 3.08. The van der Waals surface area contributed by atoms with Gasteiger partial charge in [0.25, 0.3) is 0 Å². The molecule has 6 nitrogen and oxygen atoms in total. The van der Waals surface area contributed by atoms with Gasteiger partial charge in [-0.05, 0) is 30.7 Å². The van der Waals surface area contributed by atoms with Gasteiger partial charge in [0.15, 0.2) is 5.65 Å². The lowest BCUT2D eigenvalue weighted by molar-refractivity contribution is -0.115. The molecule has 1 aromatic carbocycles. The number of pyridine rings is 1. The highest BCUT2D eigenvalue weighted by Gasteiger charge is 2.09. The van der Waals surface area contributed by atoms with Crippen LogP contribution in [0.4, 0.5) is 5.69 Å². The predicted molar refractivity (Wildman–Crippen MR) is 88.4 cm³/mol. The summed E-state index contributed by atoms with van der Waals surface area (Å²) in [5, 5.41) is 8.23. The Balaban J connectivity index is 1.54. The van der Waals surface area contributed by atoms with E-state index in [9.17, 15) is 4.79 Å². The molecule has 0 aliphatic rings. The van der Waals surface area contributed by atoms with Crippen molar-refractivity contribution in [1.29, 1.82) is 0 Å². The first-order valence-corrected chi connectivity index (χ1v) is 7.37. The summed E-state index contributed by atoms with van der Waals surface area (Å²) in [5.74, 6) is 0.637. The number of aromatic nitrogens is 4. The standard InChI is InChI=1S/C17H15N5O/c1-11-19-16-7-6-13(10-22(16)21-11)20-17(23)8-12-9-18-15-5-3-2-4-14(12)15/h2-7,9-10,18H,8H2,1H3,(H,20,23). The minimum absolute atomic E-state index is 0.0639. The van der Waals surface area contributed by atoms with Crippen LogP contribution in [0.1, 0.15) is 11.4 Å². The third kappa shape index (κ3) is 2.55. The quantitative estimate of drug-likeness (QED) is 0.611. The second-order valence-electron chi connectivity index (χ2n) is 5.46. The van der Waals surface area contributed by atoms with E-state index in [-0.39, 0.29) is 5.91 Å². The van der Waals surface area contributed by atoms with E-state index >= 15 is 0 Å². The molecule has 23 heavy (non-hydrogen) atoms. The molecular weight excluding hydrogens is 290 g/mol. The molecule has 3 aromatic heterocycles. The third-order valence-corrected chi connectivity index (χ3v) is 3.75. The summed E-state index contributed by atoms with van der Waals surface area (Å²) in [4.78, 5) is 19.7. The van der Waals surface area contributed by atoms with Gasteiger partial charge in [0.2, 0.25) is 5.91 Å². The van der Waals surface area contributed by atoms with E-state index < -0.39 is 0 Å². The van der Waals surface area contributed by atoms with Gasteiger partial charge >= 0.3 is 0 Å². The van der Waals surface area contributed by atoms with Crippen LogP contribution in [-0.2, 0) is 11.2 Å². The van der Waals surface area contributed by atoms with Crippen molar-refractivity contribution in [2.75, 3.05) is 5.32 Å². The van der Waals surface area contributed by atoms with Crippen LogP contribution in [0.5, 0.6) is 0 Å². The van der Waals surface area contributed by atoms with E-state index in [0.29, 0.717) is 17.9 Å². The van der Waals surface area contributed by atoms with Gasteiger partial charge in [-0.25, -0.2) is 9.50 Å². The second kappa shape index (κ2) is 5.24. The fourth-order valence-electron chi connectivity index (χ4n) is 2.72. The Morgan fingerprint density at radius 1 is 1.26 bits per heavy atom. The maximum absolute atomic E-state index is 12.3. The number of benzene rings is 1. The van der Waals surface area contributed by atoms with Gasteiger partial charge in [0.05, 0.1) is 18.3 Å². The molecule has 0 saturated heterocycles. The van der Waals surface area contributed by atoms with Crippen LogP contribution < -0.4 is 5.32 Å². The Bertz CT molecular complexity index is 1010. The minimum Gasteiger partial charge on any atom is -0.361 e. The molecule has 0 atom stereocenters. The van der Waals surface area contributed by atoms with Crippen molar-refractivity contribution in [2.24, 2.45) is 0 Å². The van der Waals surface area contributed by atoms with Crippen LogP contribution in [-0.4, -0.2) is 25.5 Å². The number of hydrogen-bond donors (Lipinski definition) is 2. The maximum Gasteiger partial charge on any atom is 0.228 e. The molecule has 0 saturated carbocycles. The molecule has 1 amide bonds. The molecule has 114 valence electrons. The molecule has 0 bridgehead atoms. The van der Waals surface area contributed by atoms with Crippen molar-refractivity contribution < 1.29 is 4.79 Å². The highest BCUT2D eigenvalue weighted by molar-refractivity contribution is 5.95. The number of carbonyl (C=O) groups excluding carboxylic acids is 1. The molecule has 2 N–H and O–H groups in total. The fourth-order valence-corrected chi connectivity index (χ4v) is 2.72. The number of aromatic amines is 1. The predicted octanol–water partition coefficient (Wildman–Crippen LogP) is 2.70. The van der Waals surface area contributed by atoms with E-state index in [4.69, 9.17) is 0 Å². The number of H-pyrrole nitrogens is 1. The Labute approximate surface area is 132 Å². The number of rotatable bonds is 3. The molecule has 4 aromatic rings. The Hall–Kier alpha value is -3.15. The van der Waals surface area contributed by atoms with Crippen LogP contribution in [0.3, 0.4) is 0 Å². The number of nitrogens with one attached hydrogen (secondary N) is 2. The highest BCUT2D eigenvalue weighted by Crippen LogP contribution is 2.18. The highest BCUT2D eigenvalue weighted by atomic mass is 16.1. The van der Waals surface area contributed by atoms with Crippen LogP contribution >= 0.6 is 0 Å². The second-order valence-corrected chi connectivity index (χ2v) is 5.46. The zero-order valence-corrected chi connectivity index (χ0v) is 12.6. The van der Waals surface area contributed by atoms with E-state index in [2.05, 4.69) is 20.4 Å². The number of amides is 1. The van der Waals surface area contributed by atoms with Crippen molar-refractivity contribution in [3.8, 4) is 0 Å². The van der Waals surface area contributed by atoms with Crippen molar-refractivity contribution in [1.82, 2.24) is 19.6 Å². The summed E-state index contributed by atoms with van der Waals surface area (Å²) in [7, 11) is 0. The Morgan fingerprint density at radius 3 is 3.04 bits per heavy atom. The Morgan fingerprint density at radius 2 is 2.13 bits per heavy atom. The number of hydrogen-bond acceptors (Lipinski definition) is 3. The molecule has 3 heterocycles. The molecule has 4 rings (SSSR count). The summed E-state index contributed by atoms with van der Waals surface area (Å²) in [6.07, 6.45) is 3.97. The summed E-state index contributed by atoms with van der Waals surface area (Å²) in [6, 6.07) is 11.6. The number of fused-ring (bicyclic) bond motifs is 2. The van der Waals surface area contributed by atoms with Gasteiger partial charge in [-0.15, -0.1) is 0 Å². The van der Waals surface area contributed by atoms with Crippen molar-refractivity contribution in [3.05, 3.63) is 60.2 Å². The van der Waals surface area contributed by atoms with Crippen LogP contribution in [0.15, 0.2) is 48.8 Å². The van der Waals surface area contributed by atoms with Crippen molar-refractivity contribution in [3.63, 3.8) is 0 Å². The maximum atomic E-state index is 12.3. The lowest BCUT2D eigenvalue weighted by Crippen LogP contribution is -2.14. The van der Waals surface area contributed by atoms with Gasteiger partial charge in [-0.3, -0.25) is 4.79 Å². The zero-order chi connectivity index (χ0) is 15.8.